The van der Waals surface area contributed by atoms with E-state index in [0.29, 0.717) is 6.04 Å². The lowest BCUT2D eigenvalue weighted by molar-refractivity contribution is 0.460. The number of pyridine rings is 1. The second-order valence-electron chi connectivity index (χ2n) is 7.20. The van der Waals surface area contributed by atoms with E-state index in [-0.39, 0.29) is 0 Å². The fraction of sp³-hybridized carbons (Fsp3) is 0.318. The topological polar surface area (TPSA) is 55.1 Å². The van der Waals surface area contributed by atoms with Gasteiger partial charge in [-0.2, -0.15) is 5.10 Å². The Kier molecular flexibility index (Phi) is 4.75. The summed E-state index contributed by atoms with van der Waals surface area (Å²) in [6.45, 7) is 10.2. The van der Waals surface area contributed by atoms with Crippen LogP contribution >= 0.6 is 0 Å². The summed E-state index contributed by atoms with van der Waals surface area (Å²) in [6, 6.07) is 4.59. The summed E-state index contributed by atoms with van der Waals surface area (Å²) in [5, 5.41) is 7.82. The van der Waals surface area contributed by atoms with E-state index in [1.54, 1.807) is 0 Å². The second-order valence-corrected chi connectivity index (χ2v) is 7.20. The van der Waals surface area contributed by atoms with Crippen molar-refractivity contribution >= 4 is 23.1 Å². The predicted octanol–water partition coefficient (Wildman–Crippen LogP) is 4.88. The Balaban J connectivity index is 1.58. The van der Waals surface area contributed by atoms with Crippen molar-refractivity contribution in [2.75, 3.05) is 5.32 Å². The lowest BCUT2D eigenvalue weighted by Crippen LogP contribution is -2.23. The molecule has 0 aromatic carbocycles. The van der Waals surface area contributed by atoms with Gasteiger partial charge in [0.1, 0.15) is 0 Å². The molecule has 138 valence electrons. The molecule has 1 fully saturated rings. The van der Waals surface area contributed by atoms with Gasteiger partial charge in [-0.3, -0.25) is 0 Å². The zero-order valence-corrected chi connectivity index (χ0v) is 15.8. The molecule has 3 aromatic heterocycles. The van der Waals surface area contributed by atoms with Gasteiger partial charge >= 0.3 is 0 Å². The van der Waals surface area contributed by atoms with Crippen LogP contribution in [0.1, 0.15) is 54.5 Å². The normalized spacial score (nSPS) is 15.0. The number of hydrogen-bond donors (Lipinski definition) is 1. The number of anilines is 1. The van der Waals surface area contributed by atoms with Gasteiger partial charge in [-0.05, 0) is 43.0 Å². The highest BCUT2D eigenvalue weighted by molar-refractivity contribution is 5.82. The molecule has 0 radical (unpaired) electrons. The molecule has 4 rings (SSSR count). The number of nitrogens with zero attached hydrogens (tertiary/aromatic N) is 4. The van der Waals surface area contributed by atoms with Crippen molar-refractivity contribution in [2.45, 2.75) is 45.1 Å². The maximum Gasteiger partial charge on any atom is 0.223 e. The highest BCUT2D eigenvalue weighted by Crippen LogP contribution is 2.26. The molecular formula is C22H25N5. The summed E-state index contributed by atoms with van der Waals surface area (Å²) < 4.78 is 1.84. The van der Waals surface area contributed by atoms with E-state index in [0.717, 1.165) is 39.4 Å². The smallest absolute Gasteiger partial charge is 0.223 e. The van der Waals surface area contributed by atoms with Crippen molar-refractivity contribution in [3.63, 3.8) is 0 Å². The van der Waals surface area contributed by atoms with E-state index >= 15 is 0 Å². The van der Waals surface area contributed by atoms with Crippen LogP contribution in [0.5, 0.6) is 0 Å². The second kappa shape index (κ2) is 7.35. The maximum atomic E-state index is 4.68. The van der Waals surface area contributed by atoms with Crippen LogP contribution in [0.15, 0.2) is 43.9 Å². The molecule has 1 N–H and O–H groups in total. The van der Waals surface area contributed by atoms with Crippen LogP contribution in [0.4, 0.5) is 5.95 Å². The van der Waals surface area contributed by atoms with Gasteiger partial charge in [0.15, 0.2) is 0 Å². The predicted molar refractivity (Wildman–Crippen MR) is 111 cm³/mol. The highest BCUT2D eigenvalue weighted by Gasteiger charge is 2.15. The van der Waals surface area contributed by atoms with Crippen molar-refractivity contribution in [3.8, 4) is 0 Å². The lowest BCUT2D eigenvalue weighted by Gasteiger charge is -2.23. The van der Waals surface area contributed by atoms with E-state index in [9.17, 15) is 0 Å². The fourth-order valence-corrected chi connectivity index (χ4v) is 3.76. The minimum absolute atomic E-state index is 0.494. The first kappa shape index (κ1) is 17.5. The summed E-state index contributed by atoms with van der Waals surface area (Å²) in [7, 11) is 0. The Morgan fingerprint density at radius 1 is 1.26 bits per heavy atom. The van der Waals surface area contributed by atoms with Crippen molar-refractivity contribution in [2.24, 2.45) is 0 Å². The standard InChI is InChI=1S/C22H25N5/c1-4-17-13-24-27-11-10-18(12-21(17)27)15(2)20-14-23-22(25-16(20)3)26-19-8-6-5-7-9-19/h4,10-14,19H,1-2,5-9H2,3H3,(H,23,25,26). The third-order valence-corrected chi connectivity index (χ3v) is 5.36. The third-order valence-electron chi connectivity index (χ3n) is 5.36. The van der Waals surface area contributed by atoms with E-state index in [1.165, 1.54) is 32.1 Å². The monoisotopic (exact) mass is 359 g/mol. The zero-order chi connectivity index (χ0) is 18.8. The fourth-order valence-electron chi connectivity index (χ4n) is 3.76. The van der Waals surface area contributed by atoms with Crippen LogP contribution in [0, 0.1) is 6.92 Å². The number of nitrogens with one attached hydrogen (secondary N) is 1. The van der Waals surface area contributed by atoms with Crippen molar-refractivity contribution in [1.82, 2.24) is 19.6 Å². The van der Waals surface area contributed by atoms with Crippen molar-refractivity contribution < 1.29 is 0 Å². The van der Waals surface area contributed by atoms with E-state index in [4.69, 9.17) is 0 Å². The van der Waals surface area contributed by atoms with Gasteiger partial charge in [-0.15, -0.1) is 0 Å². The Bertz CT molecular complexity index is 995. The molecule has 1 aliphatic carbocycles. The van der Waals surface area contributed by atoms with Gasteiger partial charge in [0, 0.05) is 29.6 Å². The van der Waals surface area contributed by atoms with Crippen molar-refractivity contribution in [1.29, 1.82) is 0 Å². The summed E-state index contributed by atoms with van der Waals surface area (Å²) in [5.74, 6) is 0.719. The van der Waals surface area contributed by atoms with Gasteiger partial charge in [0.2, 0.25) is 5.95 Å². The molecule has 3 heterocycles. The Labute approximate surface area is 159 Å². The quantitative estimate of drug-likeness (QED) is 0.705. The molecule has 0 amide bonds. The molecule has 27 heavy (non-hydrogen) atoms. The van der Waals surface area contributed by atoms with Gasteiger partial charge in [0.05, 0.1) is 17.4 Å². The van der Waals surface area contributed by atoms with Crippen LogP contribution in [0.3, 0.4) is 0 Å². The van der Waals surface area contributed by atoms with Crippen LogP contribution in [-0.4, -0.2) is 25.6 Å². The number of fused-ring (bicyclic) bond motifs is 1. The number of hydrogen-bond acceptors (Lipinski definition) is 4. The van der Waals surface area contributed by atoms with Gasteiger partial charge in [0.25, 0.3) is 0 Å². The molecule has 1 saturated carbocycles. The van der Waals surface area contributed by atoms with Crippen molar-refractivity contribution in [3.05, 3.63) is 66.3 Å². The molecule has 0 saturated heterocycles. The van der Waals surface area contributed by atoms with Crippen LogP contribution < -0.4 is 5.32 Å². The first-order valence-corrected chi connectivity index (χ1v) is 9.55. The summed E-state index contributed by atoms with van der Waals surface area (Å²) in [5.41, 5.74) is 5.86. The van der Waals surface area contributed by atoms with E-state index in [2.05, 4.69) is 39.6 Å². The Morgan fingerprint density at radius 3 is 2.81 bits per heavy atom. The minimum atomic E-state index is 0.494. The minimum Gasteiger partial charge on any atom is -0.351 e. The Morgan fingerprint density at radius 2 is 2.07 bits per heavy atom. The first-order valence-electron chi connectivity index (χ1n) is 9.55. The number of aromatic nitrogens is 4. The van der Waals surface area contributed by atoms with Crippen LogP contribution in [0.2, 0.25) is 0 Å². The third kappa shape index (κ3) is 3.50. The zero-order valence-electron chi connectivity index (χ0n) is 15.8. The molecule has 5 heteroatoms. The number of aryl methyl sites for hydroxylation is 1. The molecular weight excluding hydrogens is 334 g/mol. The van der Waals surface area contributed by atoms with Crippen LogP contribution in [-0.2, 0) is 0 Å². The van der Waals surface area contributed by atoms with Gasteiger partial charge in [-0.1, -0.05) is 38.5 Å². The maximum absolute atomic E-state index is 4.68. The summed E-state index contributed by atoms with van der Waals surface area (Å²) in [6.07, 6.45) is 13.8. The molecule has 0 unspecified atom stereocenters. The summed E-state index contributed by atoms with van der Waals surface area (Å²) in [4.78, 5) is 9.23. The number of rotatable bonds is 5. The van der Waals surface area contributed by atoms with E-state index in [1.807, 2.05) is 42.2 Å². The summed E-state index contributed by atoms with van der Waals surface area (Å²) >= 11 is 0. The molecule has 0 bridgehead atoms. The molecule has 0 spiro atoms. The van der Waals surface area contributed by atoms with Gasteiger partial charge < -0.3 is 5.32 Å². The molecule has 0 atom stereocenters. The largest absolute Gasteiger partial charge is 0.351 e. The first-order chi connectivity index (χ1) is 13.2. The molecule has 1 aliphatic rings. The Hall–Kier alpha value is -2.95. The SMILES string of the molecule is C=Cc1cnn2ccc(C(=C)c3cnc(NC4CCCCC4)nc3C)cc12. The van der Waals surface area contributed by atoms with Crippen LogP contribution in [0.25, 0.3) is 17.2 Å². The molecule has 0 aliphatic heterocycles. The average molecular weight is 359 g/mol. The molecule has 5 nitrogen and oxygen atoms in total. The average Bonchev–Trinajstić information content (AvgIpc) is 3.11. The van der Waals surface area contributed by atoms with Gasteiger partial charge in [-0.25, -0.2) is 14.5 Å². The molecule has 3 aromatic rings. The lowest BCUT2D eigenvalue weighted by atomic mass is 9.96. The highest BCUT2D eigenvalue weighted by atomic mass is 15.2. The van der Waals surface area contributed by atoms with E-state index < -0.39 is 0 Å².